The van der Waals surface area contributed by atoms with Crippen molar-refractivity contribution in [2.24, 2.45) is 0 Å². The van der Waals surface area contributed by atoms with Gasteiger partial charge in [-0.2, -0.15) is 4.98 Å². The molecule has 10 heteroatoms. The normalized spacial score (nSPS) is 10.3. The maximum absolute atomic E-state index is 12.3. The second-order valence-corrected chi connectivity index (χ2v) is 6.39. The average Bonchev–Trinajstić information content (AvgIpc) is 3.30. The van der Waals surface area contributed by atoms with Crippen molar-refractivity contribution < 1.29 is 33.1 Å². The molecule has 2 aromatic carbocycles. The van der Waals surface area contributed by atoms with Crippen LogP contribution in [0, 0.1) is 0 Å². The summed E-state index contributed by atoms with van der Waals surface area (Å²) in [7, 11) is 2.96. The van der Waals surface area contributed by atoms with Crippen LogP contribution < -0.4 is 19.5 Å². The fourth-order valence-electron chi connectivity index (χ4n) is 2.74. The lowest BCUT2D eigenvalue weighted by atomic mass is 10.2. The molecule has 0 saturated carbocycles. The Morgan fingerprint density at radius 2 is 1.78 bits per heavy atom. The highest BCUT2D eigenvalue weighted by atomic mass is 16.6. The van der Waals surface area contributed by atoms with Gasteiger partial charge in [-0.3, -0.25) is 9.59 Å². The molecule has 1 amide bonds. The topological polar surface area (TPSA) is 122 Å². The van der Waals surface area contributed by atoms with Crippen LogP contribution in [0.3, 0.4) is 0 Å². The summed E-state index contributed by atoms with van der Waals surface area (Å²) < 4.78 is 26.1. The fraction of sp³-hybridized carbons (Fsp3) is 0.273. The quantitative estimate of drug-likeness (QED) is 0.473. The van der Waals surface area contributed by atoms with Crippen molar-refractivity contribution in [3.8, 4) is 28.6 Å². The van der Waals surface area contributed by atoms with E-state index in [1.165, 1.54) is 26.4 Å². The van der Waals surface area contributed by atoms with Crippen molar-refractivity contribution in [2.45, 2.75) is 13.5 Å². The first-order valence-corrected chi connectivity index (χ1v) is 9.75. The molecular formula is C22H23N3O7. The summed E-state index contributed by atoms with van der Waals surface area (Å²) >= 11 is 0. The minimum absolute atomic E-state index is 0.114. The highest BCUT2D eigenvalue weighted by Crippen LogP contribution is 2.27. The number of carbonyl (C=O) groups excluding carboxylic acids is 2. The zero-order valence-corrected chi connectivity index (χ0v) is 17.9. The lowest BCUT2D eigenvalue weighted by Gasteiger charge is -2.09. The van der Waals surface area contributed by atoms with Gasteiger partial charge in [-0.1, -0.05) is 17.3 Å². The fourth-order valence-corrected chi connectivity index (χ4v) is 2.74. The predicted octanol–water partition coefficient (Wildman–Crippen LogP) is 2.63. The van der Waals surface area contributed by atoms with Gasteiger partial charge in [0.25, 0.3) is 11.8 Å². The summed E-state index contributed by atoms with van der Waals surface area (Å²) in [5.74, 6) is 0.819. The Labute approximate surface area is 184 Å². The van der Waals surface area contributed by atoms with Crippen LogP contribution in [0.5, 0.6) is 17.2 Å². The molecule has 1 aromatic heterocycles. The Kier molecular flexibility index (Phi) is 7.63. The van der Waals surface area contributed by atoms with Gasteiger partial charge in [0.15, 0.2) is 6.61 Å². The lowest BCUT2D eigenvalue weighted by Crippen LogP contribution is -2.30. The molecule has 0 unspecified atom stereocenters. The molecule has 0 aliphatic rings. The maximum Gasteiger partial charge on any atom is 0.325 e. The van der Waals surface area contributed by atoms with E-state index in [0.29, 0.717) is 35.2 Å². The zero-order valence-electron chi connectivity index (χ0n) is 17.9. The molecule has 0 bridgehead atoms. The summed E-state index contributed by atoms with van der Waals surface area (Å²) in [6, 6.07) is 12.0. The molecule has 168 valence electrons. The summed E-state index contributed by atoms with van der Waals surface area (Å²) in [4.78, 5) is 28.6. The second-order valence-electron chi connectivity index (χ2n) is 6.39. The van der Waals surface area contributed by atoms with Crippen molar-refractivity contribution >= 4 is 11.9 Å². The van der Waals surface area contributed by atoms with Gasteiger partial charge in [-0.05, 0) is 31.2 Å². The molecule has 0 aliphatic heterocycles. The van der Waals surface area contributed by atoms with E-state index in [-0.39, 0.29) is 24.6 Å². The zero-order chi connectivity index (χ0) is 22.9. The van der Waals surface area contributed by atoms with Gasteiger partial charge in [-0.15, -0.1) is 0 Å². The van der Waals surface area contributed by atoms with Crippen LogP contribution in [0.25, 0.3) is 11.4 Å². The SMILES string of the molecule is CCOc1ccccc1-c1noc(COC(=O)CNC(=O)c2cc(OC)cc(OC)c2)n1. The number of hydrogen-bond acceptors (Lipinski definition) is 9. The first-order valence-electron chi connectivity index (χ1n) is 9.75. The Bertz CT molecular complexity index is 1060. The van der Waals surface area contributed by atoms with E-state index in [4.69, 9.17) is 23.5 Å². The molecule has 3 rings (SSSR count). The summed E-state index contributed by atoms with van der Waals surface area (Å²) in [6.45, 7) is 1.80. The molecule has 32 heavy (non-hydrogen) atoms. The number of amides is 1. The molecule has 0 saturated heterocycles. The monoisotopic (exact) mass is 441 g/mol. The molecule has 0 aliphatic carbocycles. The third-order valence-electron chi connectivity index (χ3n) is 4.26. The maximum atomic E-state index is 12.3. The van der Waals surface area contributed by atoms with E-state index in [1.807, 2.05) is 19.1 Å². The van der Waals surface area contributed by atoms with Gasteiger partial charge in [0, 0.05) is 11.6 Å². The predicted molar refractivity (Wildman–Crippen MR) is 113 cm³/mol. The number of esters is 1. The Morgan fingerprint density at radius 1 is 1.06 bits per heavy atom. The van der Waals surface area contributed by atoms with Crippen LogP contribution in [0.15, 0.2) is 47.0 Å². The number of nitrogens with one attached hydrogen (secondary N) is 1. The number of hydrogen-bond donors (Lipinski definition) is 1. The minimum atomic E-state index is -0.664. The third kappa shape index (κ3) is 5.75. The first-order chi connectivity index (χ1) is 15.5. The highest BCUT2D eigenvalue weighted by Gasteiger charge is 2.16. The summed E-state index contributed by atoms with van der Waals surface area (Å²) in [6.07, 6.45) is 0. The first kappa shape index (κ1) is 22.6. The molecule has 0 fully saturated rings. The van der Waals surface area contributed by atoms with E-state index < -0.39 is 11.9 Å². The molecule has 1 N–H and O–H groups in total. The number of benzene rings is 2. The number of rotatable bonds is 10. The van der Waals surface area contributed by atoms with Crippen molar-refractivity contribution in [3.05, 3.63) is 53.9 Å². The van der Waals surface area contributed by atoms with Crippen molar-refractivity contribution in [3.63, 3.8) is 0 Å². The third-order valence-corrected chi connectivity index (χ3v) is 4.26. The van der Waals surface area contributed by atoms with Crippen LogP contribution in [-0.2, 0) is 16.1 Å². The number of nitrogens with zero attached hydrogens (tertiary/aromatic N) is 2. The lowest BCUT2D eigenvalue weighted by molar-refractivity contribution is -0.144. The number of aromatic nitrogens is 2. The Morgan fingerprint density at radius 3 is 2.47 bits per heavy atom. The second kappa shape index (κ2) is 10.8. The molecule has 0 spiro atoms. The van der Waals surface area contributed by atoms with Crippen molar-refractivity contribution in [1.29, 1.82) is 0 Å². The Balaban J connectivity index is 1.53. The number of methoxy groups -OCH3 is 2. The van der Waals surface area contributed by atoms with Gasteiger partial charge in [-0.25, -0.2) is 0 Å². The van der Waals surface area contributed by atoms with E-state index in [9.17, 15) is 9.59 Å². The number of ether oxygens (including phenoxy) is 4. The molecular weight excluding hydrogens is 418 g/mol. The minimum Gasteiger partial charge on any atom is -0.497 e. The Hall–Kier alpha value is -4.08. The molecule has 3 aromatic rings. The van der Waals surface area contributed by atoms with E-state index >= 15 is 0 Å². The molecule has 10 nitrogen and oxygen atoms in total. The average molecular weight is 441 g/mol. The van der Waals surface area contributed by atoms with Crippen LogP contribution in [0.4, 0.5) is 0 Å². The number of carbonyl (C=O) groups is 2. The van der Waals surface area contributed by atoms with E-state index in [1.54, 1.807) is 18.2 Å². The number of para-hydroxylation sites is 1. The van der Waals surface area contributed by atoms with Crippen LogP contribution in [0.2, 0.25) is 0 Å². The highest BCUT2D eigenvalue weighted by molar-refractivity contribution is 5.96. The van der Waals surface area contributed by atoms with Gasteiger partial charge >= 0.3 is 5.97 Å². The molecule has 0 atom stereocenters. The van der Waals surface area contributed by atoms with Crippen LogP contribution >= 0.6 is 0 Å². The smallest absolute Gasteiger partial charge is 0.325 e. The largest absolute Gasteiger partial charge is 0.497 e. The van der Waals surface area contributed by atoms with Crippen LogP contribution in [0.1, 0.15) is 23.2 Å². The molecule has 1 heterocycles. The van der Waals surface area contributed by atoms with Gasteiger partial charge < -0.3 is 28.8 Å². The standard InChI is InChI=1S/C22H23N3O7/c1-4-30-18-8-6-5-7-17(18)21-24-19(32-25-21)13-31-20(26)12-23-22(27)14-9-15(28-2)11-16(10-14)29-3/h5-11H,4,12-13H2,1-3H3,(H,23,27). The van der Waals surface area contributed by atoms with Gasteiger partial charge in [0.05, 0.1) is 26.4 Å². The van der Waals surface area contributed by atoms with Crippen molar-refractivity contribution in [1.82, 2.24) is 15.5 Å². The van der Waals surface area contributed by atoms with Crippen LogP contribution in [-0.4, -0.2) is 49.4 Å². The summed E-state index contributed by atoms with van der Waals surface area (Å²) in [5, 5.41) is 6.39. The summed E-state index contributed by atoms with van der Waals surface area (Å²) in [5.41, 5.74) is 0.945. The van der Waals surface area contributed by atoms with Gasteiger partial charge in [0.2, 0.25) is 5.82 Å². The van der Waals surface area contributed by atoms with Gasteiger partial charge in [0.1, 0.15) is 23.8 Å². The molecule has 0 radical (unpaired) electrons. The van der Waals surface area contributed by atoms with E-state index in [0.717, 1.165) is 0 Å². The van der Waals surface area contributed by atoms with Crippen molar-refractivity contribution in [2.75, 3.05) is 27.4 Å². The van der Waals surface area contributed by atoms with E-state index in [2.05, 4.69) is 15.5 Å².